The molecule has 0 radical (unpaired) electrons. The molecule has 1 fully saturated rings. The number of ether oxygens (including phenoxy) is 2. The van der Waals surface area contributed by atoms with Crippen molar-refractivity contribution in [3.63, 3.8) is 0 Å². The Labute approximate surface area is 230 Å². The molecule has 1 unspecified atom stereocenters. The number of hydrogen-bond donors (Lipinski definition) is 2. The Morgan fingerprint density at radius 1 is 1.03 bits per heavy atom. The van der Waals surface area contributed by atoms with Crippen molar-refractivity contribution in [1.82, 2.24) is 9.88 Å². The molecule has 3 heterocycles. The number of carboxylic acid groups (broad SMARTS) is 1. The van der Waals surface area contributed by atoms with Gasteiger partial charge in [-0.3, -0.25) is 9.69 Å². The van der Waals surface area contributed by atoms with Crippen molar-refractivity contribution in [1.29, 1.82) is 0 Å². The molecule has 0 bridgehead atoms. The zero-order valence-electron chi connectivity index (χ0n) is 22.5. The number of aryl methyl sites for hydroxylation is 1. The molecular weight excluding hydrogens is 490 g/mol. The van der Waals surface area contributed by atoms with E-state index in [9.17, 15) is 0 Å². The normalized spacial score (nSPS) is 17.3. The molecule has 0 spiro atoms. The number of para-hydroxylation sites is 1. The van der Waals surface area contributed by atoms with Crippen LogP contribution in [0.2, 0.25) is 0 Å². The number of carbonyl (C=O) groups is 1. The standard InChI is InChI=1S/C31H35N3O2.CH2O2/c1-23-8-13-29-28(22-23)27-14-16-34(25-6-3-2-4-7-25)31(30(27)32-29)24-9-11-26(12-10-24)36-19-5-15-33-17-20-35-21-18-33;2-1-3/h2-4,6-13,22,31-32H,5,14-21H2,1H3;1H,(H,2,3). The van der Waals surface area contributed by atoms with E-state index in [0.29, 0.717) is 0 Å². The third kappa shape index (κ3) is 6.27. The Kier molecular flexibility index (Phi) is 8.81. The highest BCUT2D eigenvalue weighted by Crippen LogP contribution is 2.41. The zero-order valence-corrected chi connectivity index (χ0v) is 22.5. The van der Waals surface area contributed by atoms with Gasteiger partial charge in [0.25, 0.3) is 6.47 Å². The minimum absolute atomic E-state index is 0.138. The number of H-pyrrole nitrogens is 1. The third-order valence-corrected chi connectivity index (χ3v) is 7.56. The highest BCUT2D eigenvalue weighted by atomic mass is 16.5. The maximum absolute atomic E-state index is 8.36. The molecule has 4 aromatic rings. The van der Waals surface area contributed by atoms with Crippen LogP contribution in [-0.4, -0.2) is 67.5 Å². The summed E-state index contributed by atoms with van der Waals surface area (Å²) in [5, 5.41) is 8.25. The van der Waals surface area contributed by atoms with Gasteiger partial charge in [-0.15, -0.1) is 0 Å². The molecule has 1 atom stereocenters. The molecule has 2 aliphatic heterocycles. The zero-order chi connectivity index (χ0) is 27.0. The number of nitrogens with zero attached hydrogens (tertiary/aromatic N) is 2. The van der Waals surface area contributed by atoms with E-state index in [1.165, 1.54) is 39.0 Å². The summed E-state index contributed by atoms with van der Waals surface area (Å²) in [6.07, 6.45) is 2.07. The summed E-state index contributed by atoms with van der Waals surface area (Å²) in [4.78, 5) is 17.1. The van der Waals surface area contributed by atoms with Crippen molar-refractivity contribution in [3.05, 3.63) is 95.2 Å². The van der Waals surface area contributed by atoms with Crippen LogP contribution in [0.15, 0.2) is 72.8 Å². The van der Waals surface area contributed by atoms with Gasteiger partial charge in [0.1, 0.15) is 5.75 Å². The van der Waals surface area contributed by atoms with Crippen LogP contribution in [0.25, 0.3) is 10.9 Å². The topological polar surface area (TPSA) is 78.0 Å². The van der Waals surface area contributed by atoms with Crippen LogP contribution in [0.5, 0.6) is 5.75 Å². The van der Waals surface area contributed by atoms with Gasteiger partial charge in [0.05, 0.1) is 25.9 Å². The molecule has 0 saturated carbocycles. The molecule has 1 saturated heterocycles. The molecule has 6 rings (SSSR count). The molecule has 204 valence electrons. The molecular formula is C32H37N3O4. The van der Waals surface area contributed by atoms with Crippen LogP contribution in [0, 0.1) is 6.92 Å². The summed E-state index contributed by atoms with van der Waals surface area (Å²) >= 11 is 0. The molecule has 0 amide bonds. The first kappa shape index (κ1) is 26.8. The number of aromatic amines is 1. The van der Waals surface area contributed by atoms with E-state index < -0.39 is 0 Å². The highest BCUT2D eigenvalue weighted by Gasteiger charge is 2.32. The number of morpholine rings is 1. The Morgan fingerprint density at radius 3 is 2.51 bits per heavy atom. The average Bonchev–Trinajstić information content (AvgIpc) is 3.34. The van der Waals surface area contributed by atoms with E-state index in [2.05, 4.69) is 94.5 Å². The Hall–Kier alpha value is -3.81. The monoisotopic (exact) mass is 527 g/mol. The molecule has 7 heteroatoms. The summed E-state index contributed by atoms with van der Waals surface area (Å²) in [6.45, 7) is 8.48. The van der Waals surface area contributed by atoms with Gasteiger partial charge in [0.2, 0.25) is 0 Å². The van der Waals surface area contributed by atoms with Crippen LogP contribution in [0.3, 0.4) is 0 Å². The number of anilines is 1. The SMILES string of the molecule is Cc1ccc2[nH]c3c(c2c1)CCN(c1ccccc1)C3c1ccc(OCCCN2CCOCC2)cc1.O=CO. The van der Waals surface area contributed by atoms with Crippen molar-refractivity contribution >= 4 is 23.1 Å². The first-order valence-corrected chi connectivity index (χ1v) is 13.7. The number of benzene rings is 3. The molecule has 7 nitrogen and oxygen atoms in total. The van der Waals surface area contributed by atoms with Gasteiger partial charge in [-0.2, -0.15) is 0 Å². The van der Waals surface area contributed by atoms with Gasteiger partial charge in [0, 0.05) is 48.5 Å². The predicted octanol–water partition coefficient (Wildman–Crippen LogP) is 5.43. The van der Waals surface area contributed by atoms with Crippen molar-refractivity contribution in [3.8, 4) is 5.75 Å². The smallest absolute Gasteiger partial charge is 0.290 e. The van der Waals surface area contributed by atoms with E-state index in [1.807, 2.05) is 0 Å². The van der Waals surface area contributed by atoms with Crippen molar-refractivity contribution in [2.45, 2.75) is 25.8 Å². The lowest BCUT2D eigenvalue weighted by Crippen LogP contribution is -2.37. The molecule has 1 aromatic heterocycles. The van der Waals surface area contributed by atoms with Crippen molar-refractivity contribution in [2.75, 3.05) is 50.9 Å². The number of nitrogens with one attached hydrogen (secondary N) is 1. The maximum Gasteiger partial charge on any atom is 0.290 e. The van der Waals surface area contributed by atoms with E-state index >= 15 is 0 Å². The molecule has 2 N–H and O–H groups in total. The lowest BCUT2D eigenvalue weighted by Gasteiger charge is -2.38. The largest absolute Gasteiger partial charge is 0.494 e. The third-order valence-electron chi connectivity index (χ3n) is 7.56. The highest BCUT2D eigenvalue weighted by molar-refractivity contribution is 5.86. The minimum atomic E-state index is -0.250. The van der Waals surface area contributed by atoms with Crippen molar-refractivity contribution < 1.29 is 19.4 Å². The second-order valence-corrected chi connectivity index (χ2v) is 10.1. The second-order valence-electron chi connectivity index (χ2n) is 10.1. The number of hydrogen-bond acceptors (Lipinski definition) is 5. The fraction of sp³-hybridized carbons (Fsp3) is 0.344. The number of rotatable bonds is 7. The molecule has 0 aliphatic carbocycles. The van der Waals surface area contributed by atoms with E-state index in [4.69, 9.17) is 19.4 Å². The molecule has 2 aliphatic rings. The predicted molar refractivity (Wildman–Crippen MR) is 155 cm³/mol. The van der Waals surface area contributed by atoms with Gasteiger partial charge in [-0.1, -0.05) is 42.0 Å². The number of aromatic nitrogens is 1. The summed E-state index contributed by atoms with van der Waals surface area (Å²) in [7, 11) is 0. The van der Waals surface area contributed by atoms with Gasteiger partial charge in [-0.25, -0.2) is 0 Å². The van der Waals surface area contributed by atoms with E-state index in [1.54, 1.807) is 0 Å². The fourth-order valence-electron chi connectivity index (χ4n) is 5.70. The van der Waals surface area contributed by atoms with Gasteiger partial charge >= 0.3 is 0 Å². The van der Waals surface area contributed by atoms with Crippen LogP contribution in [0.4, 0.5) is 5.69 Å². The summed E-state index contributed by atoms with van der Waals surface area (Å²) in [6, 6.07) is 26.4. The lowest BCUT2D eigenvalue weighted by atomic mass is 9.91. The van der Waals surface area contributed by atoms with Gasteiger partial charge < -0.3 is 24.5 Å². The Balaban J connectivity index is 0.000000983. The first-order chi connectivity index (χ1) is 19.2. The van der Waals surface area contributed by atoms with Crippen LogP contribution >= 0.6 is 0 Å². The Morgan fingerprint density at radius 2 is 1.77 bits per heavy atom. The Bertz CT molecular complexity index is 1350. The van der Waals surface area contributed by atoms with E-state index in [-0.39, 0.29) is 12.5 Å². The molecule has 3 aromatic carbocycles. The van der Waals surface area contributed by atoms with Gasteiger partial charge in [0.15, 0.2) is 0 Å². The lowest BCUT2D eigenvalue weighted by molar-refractivity contribution is -0.122. The fourth-order valence-corrected chi connectivity index (χ4v) is 5.70. The maximum atomic E-state index is 8.36. The average molecular weight is 528 g/mol. The van der Waals surface area contributed by atoms with Gasteiger partial charge in [-0.05, 0) is 67.3 Å². The van der Waals surface area contributed by atoms with Crippen molar-refractivity contribution in [2.24, 2.45) is 0 Å². The minimum Gasteiger partial charge on any atom is -0.494 e. The van der Waals surface area contributed by atoms with Crippen LogP contribution in [0.1, 0.15) is 34.8 Å². The van der Waals surface area contributed by atoms with Crippen LogP contribution < -0.4 is 9.64 Å². The summed E-state index contributed by atoms with van der Waals surface area (Å²) in [5.74, 6) is 0.940. The van der Waals surface area contributed by atoms with E-state index in [0.717, 1.165) is 64.6 Å². The summed E-state index contributed by atoms with van der Waals surface area (Å²) in [5.41, 5.74) is 7.83. The second kappa shape index (κ2) is 12.8. The van der Waals surface area contributed by atoms with Crippen LogP contribution in [-0.2, 0) is 16.0 Å². The first-order valence-electron chi connectivity index (χ1n) is 13.7. The quantitative estimate of drug-likeness (QED) is 0.247. The summed E-state index contributed by atoms with van der Waals surface area (Å²) < 4.78 is 11.5. The number of fused-ring (bicyclic) bond motifs is 3. The molecule has 39 heavy (non-hydrogen) atoms.